The predicted octanol–water partition coefficient (Wildman–Crippen LogP) is 13.5. The molecule has 0 spiro atoms. The molecule has 0 aliphatic carbocycles. The lowest BCUT2D eigenvalue weighted by Gasteiger charge is -2.18. The summed E-state index contributed by atoms with van der Waals surface area (Å²) in [5.41, 5.74) is 6.55. The predicted molar refractivity (Wildman–Crippen MR) is 214 cm³/mol. The summed E-state index contributed by atoms with van der Waals surface area (Å²) >= 11 is 0. The van der Waals surface area contributed by atoms with Crippen molar-refractivity contribution in [2.75, 3.05) is 0 Å². The second-order valence-corrected chi connectivity index (χ2v) is 12.7. The van der Waals surface area contributed by atoms with E-state index >= 15 is 0 Å². The van der Waals surface area contributed by atoms with Gasteiger partial charge in [-0.25, -0.2) is 0 Å². The maximum absolute atomic E-state index is 9.01. The molecule has 0 saturated carbocycles. The van der Waals surface area contributed by atoms with Crippen LogP contribution in [0.1, 0.15) is 6.85 Å². The highest BCUT2D eigenvalue weighted by Crippen LogP contribution is 2.45. The number of hydrogen-bond acceptors (Lipinski definition) is 1. The van der Waals surface area contributed by atoms with Gasteiger partial charge in [0, 0.05) is 17.3 Å². The monoisotopic (exact) mass is 638 g/mol. The zero-order valence-corrected chi connectivity index (χ0v) is 27.0. The summed E-state index contributed by atoms with van der Waals surface area (Å²) in [5.74, 6) is 0. The Morgan fingerprint density at radius 1 is 0.320 bits per heavy atom. The number of benzene rings is 9. The van der Waals surface area contributed by atoms with Crippen molar-refractivity contribution in [3.05, 3.63) is 188 Å². The van der Waals surface area contributed by atoms with Crippen LogP contribution in [0.4, 0.5) is 0 Å². The topological polar surface area (TPSA) is 12.9 Å². The second-order valence-electron chi connectivity index (χ2n) is 12.7. The molecule has 0 bridgehead atoms. The molecule has 0 saturated heterocycles. The first-order valence-electron chi connectivity index (χ1n) is 19.3. The molecule has 1 nitrogen and oxygen atoms in total. The Labute approximate surface area is 297 Å². The van der Waals surface area contributed by atoms with Crippen molar-refractivity contribution in [2.45, 2.75) is 0 Å². The molecule has 10 rings (SSSR count). The lowest BCUT2D eigenvalue weighted by atomic mass is 9.86. The Kier molecular flexibility index (Phi) is 5.47. The average Bonchev–Trinajstić information content (AvgIpc) is 3.25. The molecule has 0 N–H and O–H groups in total. The molecular formula is C49H31N. The second kappa shape index (κ2) is 11.5. The Hall–Kier alpha value is -6.57. The van der Waals surface area contributed by atoms with Crippen molar-refractivity contribution in [1.29, 1.82) is 0 Å². The fourth-order valence-electron chi connectivity index (χ4n) is 7.71. The largest absolute Gasteiger partial charge is 0.256 e. The number of rotatable bonds is 4. The number of aromatic nitrogens is 1. The zero-order valence-electron chi connectivity index (χ0n) is 32.0. The van der Waals surface area contributed by atoms with Crippen LogP contribution in [0.5, 0.6) is 0 Å². The third-order valence-electron chi connectivity index (χ3n) is 9.98. The summed E-state index contributed by atoms with van der Waals surface area (Å²) < 4.78 is 43.4. The van der Waals surface area contributed by atoms with Gasteiger partial charge in [-0.1, -0.05) is 164 Å². The zero-order chi connectivity index (χ0) is 37.4. The van der Waals surface area contributed by atoms with E-state index < -0.39 is 6.04 Å². The minimum atomic E-state index is -0.411. The van der Waals surface area contributed by atoms with E-state index in [0.717, 1.165) is 55.1 Å². The van der Waals surface area contributed by atoms with E-state index in [9.17, 15) is 0 Å². The molecule has 232 valence electrons. The van der Waals surface area contributed by atoms with E-state index in [4.69, 9.17) is 11.8 Å². The molecule has 0 unspecified atom stereocenters. The fraction of sp³-hybridized carbons (Fsp3) is 0. The SMILES string of the molecule is [2H]c1c([2H])c([2H])c(-c2c3ccccc3c(-c3ccc(-c4ccc5c6ccccc6c6ccccc6c5c4)cn3)c3ccc(-c4ccccc4)cc23)c([2H])c1[2H]. The minimum Gasteiger partial charge on any atom is -0.256 e. The van der Waals surface area contributed by atoms with Gasteiger partial charge in [0.25, 0.3) is 0 Å². The standard InChI is InChI=1S/C49H31N/c1-3-13-32(14-4-1)34-24-27-44-46(30-34)48(33-15-5-2-6-16-33)42-21-11-12-22-43(42)49(44)47-28-25-36(31-50-47)35-23-26-41-39-19-8-7-17-37(39)38-18-9-10-20-40(38)45(41)29-35/h1-31H/i2D,5D,6D,15D,16D. The van der Waals surface area contributed by atoms with Crippen LogP contribution in [0.2, 0.25) is 0 Å². The Morgan fingerprint density at radius 3 is 1.44 bits per heavy atom. The molecule has 10 aromatic rings. The summed E-state index contributed by atoms with van der Waals surface area (Å²) in [5, 5.41) is 10.7. The van der Waals surface area contributed by atoms with Crippen LogP contribution in [-0.2, 0) is 0 Å². The van der Waals surface area contributed by atoms with Gasteiger partial charge in [0.1, 0.15) is 0 Å². The molecule has 0 atom stereocenters. The van der Waals surface area contributed by atoms with Gasteiger partial charge in [-0.05, 0) is 99.9 Å². The summed E-state index contributed by atoms with van der Waals surface area (Å²) in [7, 11) is 0. The molecule has 9 aromatic carbocycles. The Bertz CT molecular complexity index is 3130. The molecule has 0 aliphatic heterocycles. The fourth-order valence-corrected chi connectivity index (χ4v) is 7.71. The number of fused-ring (bicyclic) bond motifs is 8. The van der Waals surface area contributed by atoms with E-state index in [1.807, 2.05) is 60.8 Å². The Morgan fingerprint density at radius 2 is 0.800 bits per heavy atom. The van der Waals surface area contributed by atoms with E-state index in [0.29, 0.717) is 5.56 Å². The summed E-state index contributed by atoms with van der Waals surface area (Å²) in [4.78, 5) is 5.12. The molecule has 0 fully saturated rings. The molecule has 1 heteroatoms. The van der Waals surface area contributed by atoms with E-state index in [2.05, 4.69) is 97.1 Å². The van der Waals surface area contributed by atoms with Crippen molar-refractivity contribution in [2.24, 2.45) is 0 Å². The van der Waals surface area contributed by atoms with Crippen LogP contribution >= 0.6 is 0 Å². The average molecular weight is 639 g/mol. The van der Waals surface area contributed by atoms with Gasteiger partial charge in [-0.15, -0.1) is 0 Å². The molecule has 1 aromatic heterocycles. The molecule has 0 amide bonds. The minimum absolute atomic E-state index is 0.184. The third-order valence-corrected chi connectivity index (χ3v) is 9.98. The van der Waals surface area contributed by atoms with Crippen molar-refractivity contribution in [1.82, 2.24) is 4.98 Å². The maximum atomic E-state index is 9.01. The van der Waals surface area contributed by atoms with Gasteiger partial charge < -0.3 is 0 Å². The summed E-state index contributed by atoms with van der Waals surface area (Å²) in [6.07, 6.45) is 1.93. The van der Waals surface area contributed by atoms with E-state index in [1.54, 1.807) is 0 Å². The maximum Gasteiger partial charge on any atom is 0.0714 e. The smallest absolute Gasteiger partial charge is 0.0714 e. The first-order chi connectivity index (χ1) is 26.9. The number of nitrogens with zero attached hydrogens (tertiary/aromatic N) is 1. The number of hydrogen-bond donors (Lipinski definition) is 0. The highest BCUT2D eigenvalue weighted by atomic mass is 14.7. The van der Waals surface area contributed by atoms with Gasteiger partial charge in [0.05, 0.1) is 12.5 Å². The highest BCUT2D eigenvalue weighted by Gasteiger charge is 2.18. The van der Waals surface area contributed by atoms with Crippen LogP contribution in [-0.4, -0.2) is 4.98 Å². The van der Waals surface area contributed by atoms with Crippen molar-refractivity contribution in [3.63, 3.8) is 0 Å². The van der Waals surface area contributed by atoms with Gasteiger partial charge in [-0.3, -0.25) is 4.98 Å². The molecule has 0 radical (unpaired) electrons. The van der Waals surface area contributed by atoms with Crippen LogP contribution in [0.3, 0.4) is 0 Å². The van der Waals surface area contributed by atoms with Crippen molar-refractivity contribution >= 4 is 53.9 Å². The summed E-state index contributed by atoms with van der Waals surface area (Å²) in [6.45, 7) is 0. The van der Waals surface area contributed by atoms with Gasteiger partial charge in [-0.2, -0.15) is 0 Å². The van der Waals surface area contributed by atoms with Crippen LogP contribution < -0.4 is 0 Å². The molecular weight excluding hydrogens is 603 g/mol. The molecule has 0 aliphatic rings. The van der Waals surface area contributed by atoms with Crippen LogP contribution in [0.15, 0.2) is 188 Å². The van der Waals surface area contributed by atoms with Gasteiger partial charge in [0.15, 0.2) is 0 Å². The van der Waals surface area contributed by atoms with Crippen molar-refractivity contribution in [3.8, 4) is 44.6 Å². The van der Waals surface area contributed by atoms with Crippen molar-refractivity contribution < 1.29 is 6.85 Å². The summed E-state index contributed by atoms with van der Waals surface area (Å²) in [6, 6.07) is 50.6. The Balaban J connectivity index is 1.20. The normalized spacial score (nSPS) is 13.0. The number of pyridine rings is 1. The van der Waals surface area contributed by atoms with E-state index in [-0.39, 0.29) is 29.7 Å². The molecule has 50 heavy (non-hydrogen) atoms. The first kappa shape index (κ1) is 23.7. The van der Waals surface area contributed by atoms with Gasteiger partial charge >= 0.3 is 0 Å². The van der Waals surface area contributed by atoms with E-state index in [1.165, 1.54) is 32.3 Å². The van der Waals surface area contributed by atoms with Crippen LogP contribution in [0.25, 0.3) is 98.5 Å². The first-order valence-corrected chi connectivity index (χ1v) is 16.8. The lowest BCUT2D eigenvalue weighted by Crippen LogP contribution is -1.93. The third kappa shape index (κ3) is 4.52. The highest BCUT2D eigenvalue weighted by molar-refractivity contribution is 6.26. The lowest BCUT2D eigenvalue weighted by molar-refractivity contribution is 1.34. The van der Waals surface area contributed by atoms with Gasteiger partial charge in [0.2, 0.25) is 0 Å². The molecule has 1 heterocycles. The quantitative estimate of drug-likeness (QED) is 0.138. The van der Waals surface area contributed by atoms with Crippen LogP contribution in [0, 0.1) is 0 Å².